The molecule has 18 heavy (non-hydrogen) atoms. The number of hydrogen-bond acceptors (Lipinski definition) is 3. The van der Waals surface area contributed by atoms with Crippen LogP contribution in [0.5, 0.6) is 0 Å². The van der Waals surface area contributed by atoms with Crippen molar-refractivity contribution in [3.05, 3.63) is 58.9 Å². The number of halogens is 1. The van der Waals surface area contributed by atoms with Crippen LogP contribution >= 0.6 is 23.8 Å². The topological polar surface area (TPSA) is 50.9 Å². The van der Waals surface area contributed by atoms with E-state index in [9.17, 15) is 0 Å². The molecule has 0 saturated carbocycles. The molecule has 0 saturated heterocycles. The van der Waals surface area contributed by atoms with Crippen LogP contribution in [0.4, 0.5) is 5.69 Å². The van der Waals surface area contributed by atoms with Crippen molar-refractivity contribution in [3.8, 4) is 0 Å². The van der Waals surface area contributed by atoms with E-state index in [1.54, 1.807) is 6.20 Å². The van der Waals surface area contributed by atoms with E-state index < -0.39 is 0 Å². The molecule has 0 aliphatic rings. The van der Waals surface area contributed by atoms with Gasteiger partial charge in [-0.15, -0.1) is 0 Å². The lowest BCUT2D eigenvalue weighted by Gasteiger charge is -2.10. The van der Waals surface area contributed by atoms with Gasteiger partial charge in [-0.2, -0.15) is 0 Å². The molecule has 0 amide bonds. The summed E-state index contributed by atoms with van der Waals surface area (Å²) >= 11 is 10.9. The highest BCUT2D eigenvalue weighted by molar-refractivity contribution is 7.80. The summed E-state index contributed by atoms with van der Waals surface area (Å²) in [5.74, 6) is 0. The fraction of sp³-hybridized carbons (Fsp3) is 0.0769. The third-order valence-corrected chi connectivity index (χ3v) is 2.84. The molecular formula is C13H12ClN3S. The van der Waals surface area contributed by atoms with Gasteiger partial charge in [-0.05, 0) is 29.8 Å². The third-order valence-electron chi connectivity index (χ3n) is 2.41. The van der Waals surface area contributed by atoms with Gasteiger partial charge in [0.25, 0.3) is 0 Å². The lowest BCUT2D eigenvalue weighted by atomic mass is 10.2. The van der Waals surface area contributed by atoms with Crippen molar-refractivity contribution in [1.29, 1.82) is 0 Å². The van der Waals surface area contributed by atoms with Crippen LogP contribution in [-0.4, -0.2) is 9.97 Å². The number of nitrogens with zero attached hydrogens (tertiary/aromatic N) is 1. The zero-order valence-corrected chi connectivity index (χ0v) is 11.1. The molecular weight excluding hydrogens is 266 g/mol. The van der Waals surface area contributed by atoms with E-state index in [0.29, 0.717) is 12.2 Å². The van der Waals surface area contributed by atoms with Gasteiger partial charge in [0.15, 0.2) is 0 Å². The number of benzene rings is 1. The highest BCUT2D eigenvalue weighted by Crippen LogP contribution is 2.15. The smallest absolute Gasteiger partial charge is 0.124 e. The second-order valence-corrected chi connectivity index (χ2v) is 4.62. The van der Waals surface area contributed by atoms with Crippen molar-refractivity contribution in [2.24, 2.45) is 5.73 Å². The van der Waals surface area contributed by atoms with Gasteiger partial charge >= 0.3 is 0 Å². The van der Waals surface area contributed by atoms with Crippen molar-refractivity contribution in [2.45, 2.75) is 6.54 Å². The van der Waals surface area contributed by atoms with Gasteiger partial charge in [0.05, 0.1) is 5.69 Å². The SMILES string of the molecule is NC(=S)c1ncccc1NCc1cccc(Cl)c1. The Morgan fingerprint density at radius 3 is 2.89 bits per heavy atom. The molecule has 92 valence electrons. The zero-order chi connectivity index (χ0) is 13.0. The normalized spacial score (nSPS) is 10.1. The van der Waals surface area contributed by atoms with Crippen LogP contribution < -0.4 is 11.1 Å². The monoisotopic (exact) mass is 277 g/mol. The Morgan fingerprint density at radius 2 is 2.17 bits per heavy atom. The second kappa shape index (κ2) is 5.80. The molecule has 3 nitrogen and oxygen atoms in total. The number of pyridine rings is 1. The molecule has 0 fully saturated rings. The fourth-order valence-corrected chi connectivity index (χ4v) is 1.96. The average molecular weight is 278 g/mol. The minimum absolute atomic E-state index is 0.282. The predicted octanol–water partition coefficient (Wildman–Crippen LogP) is 2.98. The Bertz CT molecular complexity index is 572. The third kappa shape index (κ3) is 3.18. The first-order valence-corrected chi connectivity index (χ1v) is 6.18. The first-order chi connectivity index (χ1) is 8.66. The van der Waals surface area contributed by atoms with E-state index in [1.165, 1.54) is 0 Å². The van der Waals surface area contributed by atoms with Crippen molar-refractivity contribution >= 4 is 34.5 Å². The van der Waals surface area contributed by atoms with Crippen LogP contribution in [0.1, 0.15) is 11.3 Å². The second-order valence-electron chi connectivity index (χ2n) is 3.75. The molecule has 0 aliphatic carbocycles. The van der Waals surface area contributed by atoms with Crippen LogP contribution in [-0.2, 0) is 6.54 Å². The molecule has 0 unspecified atom stereocenters. The average Bonchev–Trinajstić information content (AvgIpc) is 2.37. The van der Waals surface area contributed by atoms with Crippen LogP contribution in [0, 0.1) is 0 Å². The first kappa shape index (κ1) is 12.8. The number of hydrogen-bond donors (Lipinski definition) is 2. The minimum atomic E-state index is 0.282. The van der Waals surface area contributed by atoms with Gasteiger partial charge in [-0.3, -0.25) is 4.98 Å². The standard InChI is InChI=1S/C13H12ClN3S/c14-10-4-1-3-9(7-10)8-17-11-5-2-6-16-12(11)13(15)18/h1-7,17H,8H2,(H2,15,18). The summed E-state index contributed by atoms with van der Waals surface area (Å²) < 4.78 is 0. The summed E-state index contributed by atoms with van der Waals surface area (Å²) in [4.78, 5) is 4.43. The summed E-state index contributed by atoms with van der Waals surface area (Å²) in [5.41, 5.74) is 8.13. The highest BCUT2D eigenvalue weighted by Gasteiger charge is 2.05. The fourth-order valence-electron chi connectivity index (χ4n) is 1.59. The van der Waals surface area contributed by atoms with Crippen molar-refractivity contribution < 1.29 is 0 Å². The van der Waals surface area contributed by atoms with E-state index in [4.69, 9.17) is 29.6 Å². The number of thiocarbonyl (C=S) groups is 1. The quantitative estimate of drug-likeness (QED) is 0.844. The first-order valence-electron chi connectivity index (χ1n) is 5.40. The van der Waals surface area contributed by atoms with E-state index in [1.807, 2.05) is 36.4 Å². The van der Waals surface area contributed by atoms with E-state index in [-0.39, 0.29) is 4.99 Å². The molecule has 3 N–H and O–H groups in total. The molecule has 0 spiro atoms. The molecule has 1 aromatic heterocycles. The van der Waals surface area contributed by atoms with Gasteiger partial charge < -0.3 is 11.1 Å². The van der Waals surface area contributed by atoms with Crippen molar-refractivity contribution in [3.63, 3.8) is 0 Å². The Balaban J connectivity index is 2.13. The van der Waals surface area contributed by atoms with E-state index in [2.05, 4.69) is 10.3 Å². The number of nitrogens with two attached hydrogens (primary N) is 1. The molecule has 2 rings (SSSR count). The molecule has 0 bridgehead atoms. The predicted molar refractivity (Wildman–Crippen MR) is 78.9 cm³/mol. The maximum absolute atomic E-state index is 5.93. The Hall–Kier alpha value is -1.65. The summed E-state index contributed by atoms with van der Waals surface area (Å²) in [7, 11) is 0. The van der Waals surface area contributed by atoms with E-state index >= 15 is 0 Å². The maximum Gasteiger partial charge on any atom is 0.124 e. The molecule has 2 aromatic rings. The zero-order valence-electron chi connectivity index (χ0n) is 9.56. The maximum atomic E-state index is 5.93. The summed E-state index contributed by atoms with van der Waals surface area (Å²) in [6.45, 7) is 0.641. The van der Waals surface area contributed by atoms with Crippen LogP contribution in [0.25, 0.3) is 0 Å². The Labute approximate surface area is 116 Å². The molecule has 0 aliphatic heterocycles. The van der Waals surface area contributed by atoms with E-state index in [0.717, 1.165) is 16.3 Å². The molecule has 1 aromatic carbocycles. The lowest BCUT2D eigenvalue weighted by molar-refractivity contribution is 1.13. The van der Waals surface area contributed by atoms with Gasteiger partial charge in [-0.25, -0.2) is 0 Å². The van der Waals surface area contributed by atoms with Crippen LogP contribution in [0.15, 0.2) is 42.6 Å². The summed E-state index contributed by atoms with van der Waals surface area (Å²) in [5, 5.41) is 3.97. The molecule has 5 heteroatoms. The van der Waals surface area contributed by atoms with Crippen molar-refractivity contribution in [2.75, 3.05) is 5.32 Å². The molecule has 1 heterocycles. The molecule has 0 radical (unpaired) electrons. The van der Waals surface area contributed by atoms with Gasteiger partial charge in [-0.1, -0.05) is 36.0 Å². The van der Waals surface area contributed by atoms with Gasteiger partial charge in [0, 0.05) is 17.8 Å². The minimum Gasteiger partial charge on any atom is -0.388 e. The highest BCUT2D eigenvalue weighted by atomic mass is 35.5. The Morgan fingerprint density at radius 1 is 1.33 bits per heavy atom. The van der Waals surface area contributed by atoms with Crippen molar-refractivity contribution in [1.82, 2.24) is 4.98 Å². The number of nitrogens with one attached hydrogen (secondary N) is 1. The number of rotatable bonds is 4. The van der Waals surface area contributed by atoms with Crippen LogP contribution in [0.2, 0.25) is 5.02 Å². The summed E-state index contributed by atoms with van der Waals surface area (Å²) in [6, 6.07) is 11.4. The Kier molecular flexibility index (Phi) is 4.12. The molecule has 0 atom stereocenters. The largest absolute Gasteiger partial charge is 0.388 e. The number of anilines is 1. The summed E-state index contributed by atoms with van der Waals surface area (Å²) in [6.07, 6.45) is 1.67. The van der Waals surface area contributed by atoms with Crippen LogP contribution in [0.3, 0.4) is 0 Å². The van der Waals surface area contributed by atoms with Gasteiger partial charge in [0.1, 0.15) is 10.7 Å². The van der Waals surface area contributed by atoms with Gasteiger partial charge in [0.2, 0.25) is 0 Å². The lowest BCUT2D eigenvalue weighted by Crippen LogP contribution is -2.15. The number of aromatic nitrogens is 1.